The number of aliphatic hydroxyl groups excluding tert-OH is 1. The second-order valence-corrected chi connectivity index (χ2v) is 4.60. The van der Waals surface area contributed by atoms with Gasteiger partial charge in [0.2, 0.25) is 0 Å². The Hall–Kier alpha value is -1.25. The van der Waals surface area contributed by atoms with Crippen LogP contribution >= 0.6 is 11.6 Å². The van der Waals surface area contributed by atoms with E-state index < -0.39 is 0 Å². The molecular weight excluding hydrogens is 234 g/mol. The first-order valence-electron chi connectivity index (χ1n) is 5.70. The van der Waals surface area contributed by atoms with E-state index in [-0.39, 0.29) is 12.5 Å². The first-order chi connectivity index (χ1) is 8.22. The monoisotopic (exact) mass is 249 g/mol. The number of hydrogen-bond acceptors (Lipinski definition) is 1. The summed E-state index contributed by atoms with van der Waals surface area (Å²) in [5.41, 5.74) is 2.40. The molecule has 0 saturated heterocycles. The summed E-state index contributed by atoms with van der Waals surface area (Å²) in [4.78, 5) is 0. The summed E-state index contributed by atoms with van der Waals surface area (Å²) in [6, 6.07) is 11.9. The minimum atomic E-state index is 0.179. The minimum absolute atomic E-state index is 0.179. The standard InChI is InChI=1S/C14H16ClNO/c1-16-9-2-3-14(16)13(8-10-17)11-4-6-12(15)7-5-11/h2-7,9,13,17H,8,10H2,1H3. The number of aryl methyl sites for hydroxylation is 1. The Morgan fingerprint density at radius 3 is 2.47 bits per heavy atom. The van der Waals surface area contributed by atoms with Crippen LogP contribution in [0.3, 0.4) is 0 Å². The number of halogens is 1. The second kappa shape index (κ2) is 5.39. The molecular formula is C14H16ClNO. The molecule has 1 aromatic heterocycles. The number of hydrogen-bond donors (Lipinski definition) is 1. The van der Waals surface area contributed by atoms with Crippen LogP contribution < -0.4 is 0 Å². The van der Waals surface area contributed by atoms with Crippen molar-refractivity contribution in [2.24, 2.45) is 7.05 Å². The number of nitrogens with zero attached hydrogens (tertiary/aromatic N) is 1. The Balaban J connectivity index is 2.35. The fraction of sp³-hybridized carbons (Fsp3) is 0.286. The van der Waals surface area contributed by atoms with Crippen molar-refractivity contribution < 1.29 is 5.11 Å². The Morgan fingerprint density at radius 2 is 1.94 bits per heavy atom. The van der Waals surface area contributed by atoms with Gasteiger partial charge in [-0.1, -0.05) is 23.7 Å². The lowest BCUT2D eigenvalue weighted by Crippen LogP contribution is -2.08. The van der Waals surface area contributed by atoms with Crippen molar-refractivity contribution in [3.8, 4) is 0 Å². The molecule has 1 N–H and O–H groups in total. The van der Waals surface area contributed by atoms with Crippen LogP contribution in [0, 0.1) is 0 Å². The molecule has 0 spiro atoms. The van der Waals surface area contributed by atoms with E-state index in [1.807, 2.05) is 43.6 Å². The highest BCUT2D eigenvalue weighted by atomic mass is 35.5. The maximum Gasteiger partial charge on any atom is 0.0440 e. The number of aromatic nitrogens is 1. The highest BCUT2D eigenvalue weighted by Gasteiger charge is 2.15. The summed E-state index contributed by atoms with van der Waals surface area (Å²) in [6.07, 6.45) is 2.75. The van der Waals surface area contributed by atoms with Crippen LogP contribution in [0.15, 0.2) is 42.6 Å². The topological polar surface area (TPSA) is 25.2 Å². The molecule has 17 heavy (non-hydrogen) atoms. The molecule has 2 rings (SSSR count). The predicted octanol–water partition coefficient (Wildman–Crippen LogP) is 3.19. The summed E-state index contributed by atoms with van der Waals surface area (Å²) >= 11 is 5.90. The maximum atomic E-state index is 9.21. The molecule has 0 bridgehead atoms. The van der Waals surface area contributed by atoms with Crippen LogP contribution in [0.4, 0.5) is 0 Å². The summed E-state index contributed by atoms with van der Waals surface area (Å²) < 4.78 is 2.09. The van der Waals surface area contributed by atoms with Gasteiger partial charge in [-0.25, -0.2) is 0 Å². The zero-order chi connectivity index (χ0) is 12.3. The SMILES string of the molecule is Cn1cccc1C(CCO)c1ccc(Cl)cc1. The Labute approximate surface area is 106 Å². The average molecular weight is 250 g/mol. The Bertz CT molecular complexity index is 475. The second-order valence-electron chi connectivity index (χ2n) is 4.16. The first kappa shape index (κ1) is 12.2. The van der Waals surface area contributed by atoms with E-state index in [2.05, 4.69) is 10.6 Å². The lowest BCUT2D eigenvalue weighted by Gasteiger charge is -2.17. The molecule has 0 aliphatic heterocycles. The molecule has 1 heterocycles. The third-order valence-electron chi connectivity index (χ3n) is 3.03. The van der Waals surface area contributed by atoms with Gasteiger partial charge in [-0.15, -0.1) is 0 Å². The van der Waals surface area contributed by atoms with Gasteiger partial charge in [0.25, 0.3) is 0 Å². The van der Waals surface area contributed by atoms with Crippen molar-refractivity contribution in [3.63, 3.8) is 0 Å². The molecule has 2 nitrogen and oxygen atoms in total. The van der Waals surface area contributed by atoms with E-state index in [1.165, 1.54) is 11.3 Å². The Kier molecular flexibility index (Phi) is 3.87. The molecule has 1 atom stereocenters. The maximum absolute atomic E-state index is 9.21. The quantitative estimate of drug-likeness (QED) is 0.885. The number of rotatable bonds is 4. The zero-order valence-corrected chi connectivity index (χ0v) is 10.6. The van der Waals surface area contributed by atoms with Gasteiger partial charge in [-0.3, -0.25) is 0 Å². The van der Waals surface area contributed by atoms with E-state index in [1.54, 1.807) is 0 Å². The van der Waals surface area contributed by atoms with Crippen molar-refractivity contribution in [2.75, 3.05) is 6.61 Å². The van der Waals surface area contributed by atoms with Gasteiger partial charge in [-0.05, 0) is 36.2 Å². The van der Waals surface area contributed by atoms with Crippen molar-refractivity contribution in [3.05, 3.63) is 58.9 Å². The molecule has 0 aliphatic rings. The van der Waals surface area contributed by atoms with Crippen molar-refractivity contribution in [1.29, 1.82) is 0 Å². The van der Waals surface area contributed by atoms with Crippen LogP contribution in [0.25, 0.3) is 0 Å². The molecule has 0 aliphatic carbocycles. The molecule has 3 heteroatoms. The van der Waals surface area contributed by atoms with Gasteiger partial charge in [0.15, 0.2) is 0 Å². The Morgan fingerprint density at radius 1 is 1.24 bits per heavy atom. The van der Waals surface area contributed by atoms with Crippen molar-refractivity contribution in [2.45, 2.75) is 12.3 Å². The lowest BCUT2D eigenvalue weighted by molar-refractivity contribution is 0.280. The van der Waals surface area contributed by atoms with Crippen molar-refractivity contribution in [1.82, 2.24) is 4.57 Å². The zero-order valence-electron chi connectivity index (χ0n) is 9.81. The van der Waals surface area contributed by atoms with Gasteiger partial charge in [0.1, 0.15) is 0 Å². The van der Waals surface area contributed by atoms with Gasteiger partial charge in [0.05, 0.1) is 0 Å². The van der Waals surface area contributed by atoms with E-state index in [4.69, 9.17) is 11.6 Å². The molecule has 0 fully saturated rings. The van der Waals surface area contributed by atoms with E-state index in [0.29, 0.717) is 0 Å². The van der Waals surface area contributed by atoms with Gasteiger partial charge in [-0.2, -0.15) is 0 Å². The molecule has 0 amide bonds. The highest BCUT2D eigenvalue weighted by Crippen LogP contribution is 2.28. The summed E-state index contributed by atoms with van der Waals surface area (Å²) in [5, 5.41) is 9.95. The predicted molar refractivity (Wildman–Crippen MR) is 70.4 cm³/mol. The van der Waals surface area contributed by atoms with E-state index in [9.17, 15) is 5.11 Å². The van der Waals surface area contributed by atoms with E-state index >= 15 is 0 Å². The summed E-state index contributed by atoms with van der Waals surface area (Å²) in [6.45, 7) is 0.179. The minimum Gasteiger partial charge on any atom is -0.396 e. The molecule has 0 radical (unpaired) electrons. The van der Waals surface area contributed by atoms with Crippen LogP contribution in [-0.2, 0) is 7.05 Å². The summed E-state index contributed by atoms with van der Waals surface area (Å²) in [5.74, 6) is 0.220. The van der Waals surface area contributed by atoms with Crippen LogP contribution in [-0.4, -0.2) is 16.3 Å². The van der Waals surface area contributed by atoms with Crippen molar-refractivity contribution >= 4 is 11.6 Å². The largest absolute Gasteiger partial charge is 0.396 e. The molecule has 90 valence electrons. The highest BCUT2D eigenvalue weighted by molar-refractivity contribution is 6.30. The average Bonchev–Trinajstić information content (AvgIpc) is 2.74. The molecule has 0 saturated carbocycles. The third-order valence-corrected chi connectivity index (χ3v) is 3.28. The lowest BCUT2D eigenvalue weighted by atomic mass is 9.93. The fourth-order valence-corrected chi connectivity index (χ4v) is 2.27. The summed E-state index contributed by atoms with van der Waals surface area (Å²) in [7, 11) is 2.02. The number of benzene rings is 1. The fourth-order valence-electron chi connectivity index (χ4n) is 2.15. The van der Waals surface area contributed by atoms with Crippen LogP contribution in [0.2, 0.25) is 5.02 Å². The molecule has 2 aromatic rings. The van der Waals surface area contributed by atoms with Gasteiger partial charge in [0, 0.05) is 36.5 Å². The van der Waals surface area contributed by atoms with Crippen LogP contribution in [0.1, 0.15) is 23.6 Å². The molecule has 1 aromatic carbocycles. The number of aliphatic hydroxyl groups is 1. The first-order valence-corrected chi connectivity index (χ1v) is 6.07. The van der Waals surface area contributed by atoms with E-state index in [0.717, 1.165) is 11.4 Å². The van der Waals surface area contributed by atoms with Crippen LogP contribution in [0.5, 0.6) is 0 Å². The van der Waals surface area contributed by atoms with Gasteiger partial charge < -0.3 is 9.67 Å². The van der Waals surface area contributed by atoms with Gasteiger partial charge >= 0.3 is 0 Å². The normalized spacial score (nSPS) is 12.6. The smallest absolute Gasteiger partial charge is 0.0440 e. The third kappa shape index (κ3) is 2.71. The molecule has 1 unspecified atom stereocenters.